The fourth-order valence-corrected chi connectivity index (χ4v) is 3.58. The van der Waals surface area contributed by atoms with Gasteiger partial charge in [-0.1, -0.05) is 0 Å². The van der Waals surface area contributed by atoms with Crippen molar-refractivity contribution in [2.45, 2.75) is 26.8 Å². The van der Waals surface area contributed by atoms with E-state index in [9.17, 15) is 20.1 Å². The third-order valence-corrected chi connectivity index (χ3v) is 4.60. The zero-order valence-corrected chi connectivity index (χ0v) is 14.4. The third kappa shape index (κ3) is 2.99. The molecule has 0 aromatic carbocycles. The first-order valence-corrected chi connectivity index (χ1v) is 8.33. The normalized spacial score (nSPS) is 17.3. The van der Waals surface area contributed by atoms with E-state index in [1.54, 1.807) is 4.90 Å². The van der Waals surface area contributed by atoms with Crippen LogP contribution < -0.4 is 0 Å². The molecule has 1 aliphatic rings. The lowest BCUT2D eigenvalue weighted by molar-refractivity contribution is -0.131. The maximum atomic E-state index is 12.1. The van der Waals surface area contributed by atoms with E-state index in [0.29, 0.717) is 12.3 Å². The number of ketones is 2. The van der Waals surface area contributed by atoms with E-state index in [1.165, 1.54) is 25.2 Å². The van der Waals surface area contributed by atoms with Crippen LogP contribution in [0.5, 0.6) is 0 Å². The number of carbonyl (C=O) groups is 2. The lowest BCUT2D eigenvalue weighted by Gasteiger charge is -2.38. The molecule has 0 amide bonds. The van der Waals surface area contributed by atoms with E-state index in [1.807, 2.05) is 35.9 Å². The summed E-state index contributed by atoms with van der Waals surface area (Å²) in [6, 6.07) is 5.07. The number of allylic oxidation sites excluding steroid dienone is 2. The predicted molar refractivity (Wildman–Crippen MR) is 90.1 cm³/mol. The number of nitrogens with zero attached hydrogens (tertiary/aromatic N) is 4. The zero-order valence-electron chi connectivity index (χ0n) is 13.6. The van der Waals surface area contributed by atoms with Crippen LogP contribution in [0.1, 0.15) is 26.3 Å². The van der Waals surface area contributed by atoms with Crippen LogP contribution in [-0.2, 0) is 9.59 Å². The maximum absolute atomic E-state index is 12.1. The van der Waals surface area contributed by atoms with Crippen molar-refractivity contribution in [2.24, 2.45) is 10.9 Å². The highest BCUT2D eigenvalue weighted by Gasteiger charge is 2.42. The number of likely N-dealkylation sites (N-methyl/N-ethyl adjacent to an activating group) is 1. The van der Waals surface area contributed by atoms with Crippen molar-refractivity contribution < 1.29 is 9.59 Å². The average molecular weight is 340 g/mol. The Morgan fingerprint density at radius 3 is 2.42 bits per heavy atom. The number of nitriles is 2. The van der Waals surface area contributed by atoms with E-state index < -0.39 is 12.0 Å². The summed E-state index contributed by atoms with van der Waals surface area (Å²) in [7, 11) is 0. The summed E-state index contributed by atoms with van der Waals surface area (Å²) >= 11 is 1.45. The van der Waals surface area contributed by atoms with Crippen molar-refractivity contribution in [3.63, 3.8) is 0 Å². The fraction of sp³-hybridized carbons (Fsp3) is 0.353. The van der Waals surface area contributed by atoms with Gasteiger partial charge < -0.3 is 4.90 Å². The molecule has 1 aromatic heterocycles. The van der Waals surface area contributed by atoms with E-state index in [0.717, 1.165) is 5.56 Å². The number of Topliss-reactive ketones (excluding diaryl/α,β-unsaturated/α-hetero) is 2. The molecule has 1 atom stereocenters. The van der Waals surface area contributed by atoms with Gasteiger partial charge in [-0.3, -0.25) is 9.59 Å². The van der Waals surface area contributed by atoms with Gasteiger partial charge in [0.1, 0.15) is 29.6 Å². The standard InChI is InChI=1S/C17H16N4O2S/c1-4-21-14(8-19)13(7-18)20-16(12-5-6-24-9-12)17(21)15(10(2)22)11(3)23/h5-6,9,15,17H,4H2,1-3H3. The second kappa shape index (κ2) is 7.20. The minimum absolute atomic E-state index is 0.00246. The Hall–Kier alpha value is -2.77. The first-order valence-electron chi connectivity index (χ1n) is 7.39. The molecule has 0 spiro atoms. The fourth-order valence-electron chi connectivity index (χ4n) is 2.93. The van der Waals surface area contributed by atoms with Crippen LogP contribution in [0.25, 0.3) is 0 Å². The molecule has 1 unspecified atom stereocenters. The molecule has 2 rings (SSSR count). The van der Waals surface area contributed by atoms with Gasteiger partial charge in [0.15, 0.2) is 11.4 Å². The second-order valence-electron chi connectivity index (χ2n) is 5.36. The van der Waals surface area contributed by atoms with Crippen molar-refractivity contribution in [1.29, 1.82) is 10.5 Å². The smallest absolute Gasteiger partial charge is 0.175 e. The quantitative estimate of drug-likeness (QED) is 0.766. The molecule has 0 N–H and O–H groups in total. The van der Waals surface area contributed by atoms with Gasteiger partial charge in [-0.15, -0.1) is 0 Å². The van der Waals surface area contributed by atoms with E-state index in [-0.39, 0.29) is 23.0 Å². The second-order valence-corrected chi connectivity index (χ2v) is 6.14. The van der Waals surface area contributed by atoms with E-state index in [4.69, 9.17) is 0 Å². The summed E-state index contributed by atoms with van der Waals surface area (Å²) in [6.07, 6.45) is 0. The lowest BCUT2D eigenvalue weighted by Crippen LogP contribution is -2.52. The van der Waals surface area contributed by atoms with E-state index in [2.05, 4.69) is 4.99 Å². The topological polar surface area (TPSA) is 97.3 Å². The van der Waals surface area contributed by atoms with Gasteiger partial charge in [0, 0.05) is 12.1 Å². The molecular weight excluding hydrogens is 324 g/mol. The number of rotatable bonds is 5. The molecule has 1 aliphatic heterocycles. The largest absolute Gasteiger partial charge is 0.351 e. The molecule has 0 radical (unpaired) electrons. The van der Waals surface area contributed by atoms with Crippen LogP contribution in [0.15, 0.2) is 33.2 Å². The molecule has 7 heteroatoms. The number of hydrogen-bond acceptors (Lipinski definition) is 7. The molecule has 6 nitrogen and oxygen atoms in total. The lowest BCUT2D eigenvalue weighted by atomic mass is 9.84. The highest BCUT2D eigenvalue weighted by Crippen LogP contribution is 2.30. The van der Waals surface area contributed by atoms with Crippen molar-refractivity contribution in [1.82, 2.24) is 4.90 Å². The van der Waals surface area contributed by atoms with E-state index >= 15 is 0 Å². The molecule has 0 saturated heterocycles. The van der Waals surface area contributed by atoms with Crippen LogP contribution in [0.3, 0.4) is 0 Å². The SMILES string of the molecule is CCN1C(C#N)=C(C#N)N=C(c2ccsc2)C1C(C(C)=O)C(C)=O. The Bertz CT molecular complexity index is 795. The summed E-state index contributed by atoms with van der Waals surface area (Å²) in [4.78, 5) is 30.3. The van der Waals surface area contributed by atoms with Gasteiger partial charge in [0.2, 0.25) is 0 Å². The Morgan fingerprint density at radius 2 is 2.00 bits per heavy atom. The average Bonchev–Trinajstić information content (AvgIpc) is 3.07. The van der Waals surface area contributed by atoms with Crippen molar-refractivity contribution in [2.75, 3.05) is 6.54 Å². The number of carbonyl (C=O) groups excluding carboxylic acids is 2. The van der Waals surface area contributed by atoms with Crippen LogP contribution in [-0.4, -0.2) is 34.8 Å². The van der Waals surface area contributed by atoms with Gasteiger partial charge in [0.25, 0.3) is 0 Å². The summed E-state index contributed by atoms with van der Waals surface area (Å²) in [6.45, 7) is 4.91. The van der Waals surface area contributed by atoms with Crippen molar-refractivity contribution in [3.8, 4) is 12.1 Å². The van der Waals surface area contributed by atoms with Crippen LogP contribution in [0.2, 0.25) is 0 Å². The van der Waals surface area contributed by atoms with Crippen LogP contribution in [0.4, 0.5) is 0 Å². The Labute approximate surface area is 144 Å². The Balaban J connectivity index is 2.74. The highest BCUT2D eigenvalue weighted by molar-refractivity contribution is 7.08. The first kappa shape index (κ1) is 17.6. The van der Waals surface area contributed by atoms with Gasteiger partial charge in [0.05, 0.1) is 11.8 Å². The molecular formula is C17H16N4O2S. The summed E-state index contributed by atoms with van der Waals surface area (Å²) < 4.78 is 0. The maximum Gasteiger partial charge on any atom is 0.175 e. The molecule has 1 aromatic rings. The third-order valence-electron chi connectivity index (χ3n) is 3.92. The van der Waals surface area contributed by atoms with Crippen LogP contribution >= 0.6 is 11.3 Å². The van der Waals surface area contributed by atoms with Gasteiger partial charge in [-0.2, -0.15) is 21.9 Å². The molecule has 0 aliphatic carbocycles. The molecule has 24 heavy (non-hydrogen) atoms. The Morgan fingerprint density at radius 1 is 1.33 bits per heavy atom. The summed E-state index contributed by atoms with van der Waals surface area (Å²) in [5.74, 6) is -1.51. The number of thiophene rings is 1. The summed E-state index contributed by atoms with van der Waals surface area (Å²) in [5.41, 5.74) is 1.32. The van der Waals surface area contributed by atoms with Gasteiger partial charge in [-0.25, -0.2) is 4.99 Å². The van der Waals surface area contributed by atoms with Gasteiger partial charge >= 0.3 is 0 Å². The number of aliphatic imine (C=N–C) groups is 1. The Kier molecular flexibility index (Phi) is 5.28. The molecule has 0 fully saturated rings. The zero-order chi connectivity index (χ0) is 17.9. The minimum atomic E-state index is -0.938. The van der Waals surface area contributed by atoms with Crippen LogP contribution in [0, 0.1) is 28.6 Å². The monoisotopic (exact) mass is 340 g/mol. The van der Waals surface area contributed by atoms with Crippen molar-refractivity contribution in [3.05, 3.63) is 33.8 Å². The molecule has 0 bridgehead atoms. The predicted octanol–water partition coefficient (Wildman–Crippen LogP) is 2.29. The highest BCUT2D eigenvalue weighted by atomic mass is 32.1. The minimum Gasteiger partial charge on any atom is -0.351 e. The number of hydrogen-bond donors (Lipinski definition) is 0. The molecule has 2 heterocycles. The molecule has 0 saturated carbocycles. The van der Waals surface area contributed by atoms with Crippen molar-refractivity contribution >= 4 is 28.6 Å². The molecule has 122 valence electrons. The first-order chi connectivity index (χ1) is 11.5. The summed E-state index contributed by atoms with van der Waals surface area (Å²) in [5, 5.41) is 22.5. The van der Waals surface area contributed by atoms with Gasteiger partial charge in [-0.05, 0) is 37.6 Å².